The van der Waals surface area contributed by atoms with Crippen LogP contribution in [0.15, 0.2) is 18.2 Å². The first kappa shape index (κ1) is 9.72. The lowest BCUT2D eigenvalue weighted by molar-refractivity contribution is 0.0696. The number of rotatable bonds is 1. The van der Waals surface area contributed by atoms with Crippen molar-refractivity contribution in [2.75, 3.05) is 0 Å². The summed E-state index contributed by atoms with van der Waals surface area (Å²) in [7, 11) is 0. The van der Waals surface area contributed by atoms with Gasteiger partial charge in [0, 0.05) is 8.27 Å². The van der Waals surface area contributed by atoms with Crippen molar-refractivity contribution >= 4 is 50.0 Å². The summed E-state index contributed by atoms with van der Waals surface area (Å²) in [5, 5.41) is 19.2. The second-order valence-electron chi connectivity index (χ2n) is 2.76. The van der Waals surface area contributed by atoms with Crippen LogP contribution in [0.25, 0.3) is 10.1 Å². The lowest BCUT2D eigenvalue weighted by atomic mass is 10.2. The molecule has 0 bridgehead atoms. The molecule has 2 N–H and O–H groups in total. The van der Waals surface area contributed by atoms with Crippen LogP contribution in [-0.2, 0) is 0 Å². The van der Waals surface area contributed by atoms with Gasteiger partial charge < -0.3 is 10.2 Å². The standard InChI is InChI=1S/C9H5IO3S/c10-6-1-4-2-8(11)14-7(4)3-5(6)9(12)13/h1-3,11H,(H,12,13). The number of carboxylic acids is 1. The molecule has 0 atom stereocenters. The van der Waals surface area contributed by atoms with Gasteiger partial charge in [-0.1, -0.05) is 11.3 Å². The van der Waals surface area contributed by atoms with Gasteiger partial charge in [-0.3, -0.25) is 0 Å². The molecule has 3 nitrogen and oxygen atoms in total. The van der Waals surface area contributed by atoms with Crippen LogP contribution in [0.2, 0.25) is 0 Å². The molecular weight excluding hydrogens is 315 g/mol. The Labute approximate surface area is 97.1 Å². The zero-order chi connectivity index (χ0) is 10.3. The molecule has 0 radical (unpaired) electrons. The van der Waals surface area contributed by atoms with Crippen molar-refractivity contribution in [3.8, 4) is 5.06 Å². The molecule has 14 heavy (non-hydrogen) atoms. The van der Waals surface area contributed by atoms with E-state index in [1.54, 1.807) is 18.2 Å². The molecular formula is C9H5IO3S. The van der Waals surface area contributed by atoms with Gasteiger partial charge in [-0.05, 0) is 46.2 Å². The number of aromatic carboxylic acids is 1. The van der Waals surface area contributed by atoms with Crippen LogP contribution < -0.4 is 0 Å². The summed E-state index contributed by atoms with van der Waals surface area (Å²) in [5.41, 5.74) is 0.278. The van der Waals surface area contributed by atoms with Gasteiger partial charge in [0.15, 0.2) is 5.06 Å². The predicted molar refractivity (Wildman–Crippen MR) is 63.2 cm³/mol. The average Bonchev–Trinajstić information content (AvgIpc) is 2.42. The topological polar surface area (TPSA) is 57.5 Å². The van der Waals surface area contributed by atoms with Crippen molar-refractivity contribution in [2.24, 2.45) is 0 Å². The van der Waals surface area contributed by atoms with Gasteiger partial charge in [-0.25, -0.2) is 4.79 Å². The molecule has 0 saturated carbocycles. The fourth-order valence-corrected chi connectivity index (χ4v) is 2.75. The number of fused-ring (bicyclic) bond motifs is 1. The van der Waals surface area contributed by atoms with E-state index in [0.717, 1.165) is 10.1 Å². The second-order valence-corrected chi connectivity index (χ2v) is 4.98. The normalized spacial score (nSPS) is 10.6. The van der Waals surface area contributed by atoms with Crippen molar-refractivity contribution in [2.45, 2.75) is 0 Å². The first-order chi connectivity index (χ1) is 6.58. The van der Waals surface area contributed by atoms with E-state index in [0.29, 0.717) is 3.57 Å². The summed E-state index contributed by atoms with van der Waals surface area (Å²) in [5.74, 6) is -0.941. The molecule has 1 aromatic carbocycles. The summed E-state index contributed by atoms with van der Waals surface area (Å²) in [6.45, 7) is 0. The molecule has 0 aliphatic heterocycles. The van der Waals surface area contributed by atoms with Gasteiger partial charge in [0.05, 0.1) is 5.56 Å². The highest BCUT2D eigenvalue weighted by Gasteiger charge is 2.11. The van der Waals surface area contributed by atoms with E-state index in [2.05, 4.69) is 0 Å². The van der Waals surface area contributed by atoms with Crippen molar-refractivity contribution in [3.05, 3.63) is 27.3 Å². The number of hydrogen-bond donors (Lipinski definition) is 2. The van der Waals surface area contributed by atoms with E-state index in [-0.39, 0.29) is 10.6 Å². The monoisotopic (exact) mass is 320 g/mol. The fraction of sp³-hybridized carbons (Fsp3) is 0. The number of carbonyl (C=O) groups is 1. The summed E-state index contributed by atoms with van der Waals surface area (Å²) in [4.78, 5) is 10.8. The number of halogens is 1. The largest absolute Gasteiger partial charge is 0.499 e. The summed E-state index contributed by atoms with van der Waals surface area (Å²) in [6, 6.07) is 4.98. The first-order valence-electron chi connectivity index (χ1n) is 3.73. The van der Waals surface area contributed by atoms with Gasteiger partial charge in [0.2, 0.25) is 0 Å². The predicted octanol–water partition coefficient (Wildman–Crippen LogP) is 2.91. The highest BCUT2D eigenvalue weighted by Crippen LogP contribution is 2.32. The van der Waals surface area contributed by atoms with E-state index in [9.17, 15) is 9.90 Å². The Balaban J connectivity index is 2.76. The van der Waals surface area contributed by atoms with Crippen LogP contribution in [0, 0.1) is 3.57 Å². The lowest BCUT2D eigenvalue weighted by Gasteiger charge is -1.98. The van der Waals surface area contributed by atoms with Crippen LogP contribution in [0.3, 0.4) is 0 Å². The molecule has 0 saturated heterocycles. The molecule has 0 spiro atoms. The number of benzene rings is 1. The molecule has 5 heteroatoms. The Morgan fingerprint density at radius 3 is 2.71 bits per heavy atom. The third-order valence-electron chi connectivity index (χ3n) is 1.82. The molecule has 72 valence electrons. The lowest BCUT2D eigenvalue weighted by Crippen LogP contribution is -1.98. The quantitative estimate of drug-likeness (QED) is 0.795. The van der Waals surface area contributed by atoms with E-state index < -0.39 is 5.97 Å². The molecule has 1 heterocycles. The van der Waals surface area contributed by atoms with E-state index in [1.165, 1.54) is 11.3 Å². The van der Waals surface area contributed by atoms with Crippen molar-refractivity contribution < 1.29 is 15.0 Å². The first-order valence-corrected chi connectivity index (χ1v) is 5.63. The van der Waals surface area contributed by atoms with Crippen molar-refractivity contribution in [3.63, 3.8) is 0 Å². The Hall–Kier alpha value is -0.820. The number of thiophene rings is 1. The molecule has 0 amide bonds. The molecule has 0 unspecified atom stereocenters. The smallest absolute Gasteiger partial charge is 0.336 e. The Morgan fingerprint density at radius 1 is 1.36 bits per heavy atom. The van der Waals surface area contributed by atoms with Crippen molar-refractivity contribution in [1.82, 2.24) is 0 Å². The van der Waals surface area contributed by atoms with Crippen LogP contribution in [0.5, 0.6) is 5.06 Å². The highest BCUT2D eigenvalue weighted by atomic mass is 127. The van der Waals surface area contributed by atoms with Crippen molar-refractivity contribution in [1.29, 1.82) is 0 Å². The van der Waals surface area contributed by atoms with E-state index in [1.807, 2.05) is 22.6 Å². The molecule has 0 fully saturated rings. The molecule has 2 aromatic rings. The Kier molecular flexibility index (Phi) is 2.36. The maximum absolute atomic E-state index is 10.8. The maximum atomic E-state index is 10.8. The Morgan fingerprint density at radius 2 is 2.07 bits per heavy atom. The number of hydrogen-bond acceptors (Lipinski definition) is 3. The summed E-state index contributed by atoms with van der Waals surface area (Å²) >= 11 is 3.16. The second kappa shape index (κ2) is 3.39. The van der Waals surface area contributed by atoms with Gasteiger partial charge in [-0.2, -0.15) is 0 Å². The third kappa shape index (κ3) is 1.57. The molecule has 2 rings (SSSR count). The third-order valence-corrected chi connectivity index (χ3v) is 3.62. The maximum Gasteiger partial charge on any atom is 0.336 e. The number of aromatic hydroxyl groups is 1. The average molecular weight is 320 g/mol. The van der Waals surface area contributed by atoms with Crippen LogP contribution in [0.1, 0.15) is 10.4 Å². The number of carboxylic acid groups (broad SMARTS) is 1. The minimum Gasteiger partial charge on any atom is -0.499 e. The Bertz CT molecular complexity index is 518. The zero-order valence-corrected chi connectivity index (χ0v) is 9.79. The van der Waals surface area contributed by atoms with E-state index in [4.69, 9.17) is 5.11 Å². The van der Waals surface area contributed by atoms with Gasteiger partial charge in [0.25, 0.3) is 0 Å². The van der Waals surface area contributed by atoms with Crippen LogP contribution in [0.4, 0.5) is 0 Å². The summed E-state index contributed by atoms with van der Waals surface area (Å²) < 4.78 is 1.47. The van der Waals surface area contributed by atoms with Gasteiger partial charge in [0.1, 0.15) is 0 Å². The van der Waals surface area contributed by atoms with Crippen LogP contribution in [-0.4, -0.2) is 16.2 Å². The highest BCUT2D eigenvalue weighted by molar-refractivity contribution is 14.1. The SMILES string of the molecule is O=C(O)c1cc2sc(O)cc2cc1I. The zero-order valence-electron chi connectivity index (χ0n) is 6.82. The van der Waals surface area contributed by atoms with Crippen LogP contribution >= 0.6 is 33.9 Å². The molecule has 0 aliphatic rings. The summed E-state index contributed by atoms with van der Waals surface area (Å²) in [6.07, 6.45) is 0. The minimum atomic E-state index is -0.941. The van der Waals surface area contributed by atoms with E-state index >= 15 is 0 Å². The fourth-order valence-electron chi connectivity index (χ4n) is 1.21. The minimum absolute atomic E-state index is 0.207. The molecule has 0 aliphatic carbocycles. The molecule has 1 aromatic heterocycles. The van der Waals surface area contributed by atoms with Gasteiger partial charge >= 0.3 is 5.97 Å². The van der Waals surface area contributed by atoms with Gasteiger partial charge in [-0.15, -0.1) is 0 Å².